The molecule has 3 aromatic rings. The van der Waals surface area contributed by atoms with Crippen LogP contribution in [0.1, 0.15) is 13.3 Å². The van der Waals surface area contributed by atoms with E-state index in [4.69, 9.17) is 23.2 Å². The first kappa shape index (κ1) is 19.7. The zero-order valence-corrected chi connectivity index (χ0v) is 17.0. The molecule has 0 aliphatic rings. The van der Waals surface area contributed by atoms with E-state index >= 15 is 0 Å². The number of rotatable bonds is 7. The standard InChI is InChI=1S/C19H18Cl2N4OS/c1-2-11-25-18(13-3-5-14(20)6-4-13)23-24-19(25)27-12-17(26)22-16-9-7-15(21)8-10-16/h3-10H,2,11-12H2,1H3,(H,22,26). The fraction of sp³-hybridized carbons (Fsp3) is 0.211. The molecule has 140 valence electrons. The summed E-state index contributed by atoms with van der Waals surface area (Å²) in [4.78, 5) is 12.2. The number of carbonyl (C=O) groups excluding carboxylic acids is 1. The van der Waals surface area contributed by atoms with E-state index in [1.54, 1.807) is 24.3 Å². The van der Waals surface area contributed by atoms with Crippen molar-refractivity contribution in [1.82, 2.24) is 14.8 Å². The number of benzene rings is 2. The van der Waals surface area contributed by atoms with Crippen molar-refractivity contribution in [3.05, 3.63) is 58.6 Å². The number of nitrogens with zero attached hydrogens (tertiary/aromatic N) is 3. The number of anilines is 1. The van der Waals surface area contributed by atoms with Crippen LogP contribution in [0.5, 0.6) is 0 Å². The Balaban J connectivity index is 1.70. The summed E-state index contributed by atoms with van der Waals surface area (Å²) < 4.78 is 2.03. The Hall–Kier alpha value is -2.02. The smallest absolute Gasteiger partial charge is 0.234 e. The lowest BCUT2D eigenvalue weighted by Gasteiger charge is -2.09. The van der Waals surface area contributed by atoms with Crippen molar-refractivity contribution in [2.24, 2.45) is 0 Å². The van der Waals surface area contributed by atoms with Crippen LogP contribution in [0, 0.1) is 0 Å². The molecule has 2 aromatic carbocycles. The van der Waals surface area contributed by atoms with Crippen LogP contribution < -0.4 is 5.32 Å². The molecule has 5 nitrogen and oxygen atoms in total. The van der Waals surface area contributed by atoms with Gasteiger partial charge in [0.25, 0.3) is 0 Å². The van der Waals surface area contributed by atoms with Crippen LogP contribution in [0.25, 0.3) is 11.4 Å². The fourth-order valence-electron chi connectivity index (χ4n) is 2.49. The molecule has 1 amide bonds. The van der Waals surface area contributed by atoms with E-state index in [2.05, 4.69) is 22.4 Å². The van der Waals surface area contributed by atoms with Gasteiger partial charge in [-0.25, -0.2) is 0 Å². The lowest BCUT2D eigenvalue weighted by Crippen LogP contribution is -2.14. The van der Waals surface area contributed by atoms with E-state index in [1.807, 2.05) is 28.8 Å². The number of carbonyl (C=O) groups is 1. The Morgan fingerprint density at radius 3 is 2.30 bits per heavy atom. The lowest BCUT2D eigenvalue weighted by molar-refractivity contribution is -0.113. The van der Waals surface area contributed by atoms with Crippen molar-refractivity contribution in [2.45, 2.75) is 25.0 Å². The summed E-state index contributed by atoms with van der Waals surface area (Å²) in [5, 5.41) is 13.4. The van der Waals surface area contributed by atoms with E-state index in [0.29, 0.717) is 20.9 Å². The molecule has 0 unspecified atom stereocenters. The van der Waals surface area contributed by atoms with Crippen LogP contribution in [-0.2, 0) is 11.3 Å². The van der Waals surface area contributed by atoms with E-state index < -0.39 is 0 Å². The maximum absolute atomic E-state index is 12.2. The molecule has 0 aliphatic heterocycles. The van der Waals surface area contributed by atoms with Gasteiger partial charge in [0.1, 0.15) is 0 Å². The highest BCUT2D eigenvalue weighted by Crippen LogP contribution is 2.25. The largest absolute Gasteiger partial charge is 0.325 e. The maximum Gasteiger partial charge on any atom is 0.234 e. The fourth-order valence-corrected chi connectivity index (χ4v) is 3.51. The summed E-state index contributed by atoms with van der Waals surface area (Å²) in [6.07, 6.45) is 0.934. The summed E-state index contributed by atoms with van der Waals surface area (Å²) in [6, 6.07) is 14.5. The molecular weight excluding hydrogens is 403 g/mol. The average molecular weight is 421 g/mol. The number of halogens is 2. The normalized spacial score (nSPS) is 10.8. The van der Waals surface area contributed by atoms with Gasteiger partial charge in [0.15, 0.2) is 11.0 Å². The summed E-state index contributed by atoms with van der Waals surface area (Å²) in [7, 11) is 0. The molecule has 0 fully saturated rings. The molecule has 1 heterocycles. The monoisotopic (exact) mass is 420 g/mol. The molecule has 0 bridgehead atoms. The van der Waals surface area contributed by atoms with Gasteiger partial charge in [0, 0.05) is 27.8 Å². The number of aromatic nitrogens is 3. The molecule has 0 atom stereocenters. The van der Waals surface area contributed by atoms with Crippen molar-refractivity contribution < 1.29 is 4.79 Å². The predicted octanol–water partition coefficient (Wildman–Crippen LogP) is 5.39. The van der Waals surface area contributed by atoms with E-state index in [-0.39, 0.29) is 11.7 Å². The highest BCUT2D eigenvalue weighted by molar-refractivity contribution is 7.99. The molecule has 0 aliphatic carbocycles. The topological polar surface area (TPSA) is 59.8 Å². The van der Waals surface area contributed by atoms with Gasteiger partial charge in [-0.1, -0.05) is 41.9 Å². The van der Waals surface area contributed by atoms with E-state index in [1.165, 1.54) is 11.8 Å². The van der Waals surface area contributed by atoms with Crippen LogP contribution in [0.2, 0.25) is 10.0 Å². The summed E-state index contributed by atoms with van der Waals surface area (Å²) in [6.45, 7) is 2.86. The quantitative estimate of drug-likeness (QED) is 0.520. The highest BCUT2D eigenvalue weighted by atomic mass is 35.5. The van der Waals surface area contributed by atoms with Gasteiger partial charge in [0.2, 0.25) is 5.91 Å². The molecule has 0 saturated heterocycles. The van der Waals surface area contributed by atoms with Crippen LogP contribution in [0.3, 0.4) is 0 Å². The Morgan fingerprint density at radius 2 is 1.67 bits per heavy atom. The van der Waals surface area contributed by atoms with Gasteiger partial charge in [-0.3, -0.25) is 4.79 Å². The van der Waals surface area contributed by atoms with Crippen molar-refractivity contribution in [1.29, 1.82) is 0 Å². The van der Waals surface area contributed by atoms with Crippen molar-refractivity contribution in [2.75, 3.05) is 11.1 Å². The molecule has 1 aromatic heterocycles. The number of amides is 1. The van der Waals surface area contributed by atoms with Gasteiger partial charge in [-0.2, -0.15) is 0 Å². The maximum atomic E-state index is 12.2. The van der Waals surface area contributed by atoms with Gasteiger partial charge in [0.05, 0.1) is 5.75 Å². The zero-order valence-electron chi connectivity index (χ0n) is 14.7. The Bertz CT molecular complexity index is 910. The second-order valence-corrected chi connectivity index (χ2v) is 7.62. The molecule has 1 N–H and O–H groups in total. The minimum absolute atomic E-state index is 0.110. The second-order valence-electron chi connectivity index (χ2n) is 5.81. The molecule has 8 heteroatoms. The first-order chi connectivity index (χ1) is 13.1. The summed E-state index contributed by atoms with van der Waals surface area (Å²) in [5.74, 6) is 0.904. The second kappa shape index (κ2) is 9.26. The number of hydrogen-bond donors (Lipinski definition) is 1. The molecular formula is C19H18Cl2N4OS. The van der Waals surface area contributed by atoms with E-state index in [9.17, 15) is 4.79 Å². The molecule has 27 heavy (non-hydrogen) atoms. The molecule has 0 saturated carbocycles. The van der Waals surface area contributed by atoms with Crippen LogP contribution >= 0.6 is 35.0 Å². The van der Waals surface area contributed by atoms with Crippen molar-refractivity contribution >= 4 is 46.6 Å². The highest BCUT2D eigenvalue weighted by Gasteiger charge is 2.15. The van der Waals surface area contributed by atoms with Crippen LogP contribution in [0.4, 0.5) is 5.69 Å². The van der Waals surface area contributed by atoms with Gasteiger partial charge in [-0.15, -0.1) is 10.2 Å². The number of nitrogens with one attached hydrogen (secondary N) is 1. The minimum atomic E-state index is -0.110. The van der Waals surface area contributed by atoms with Crippen molar-refractivity contribution in [3.63, 3.8) is 0 Å². The third-order valence-corrected chi connectivity index (χ3v) is 5.20. The lowest BCUT2D eigenvalue weighted by atomic mass is 10.2. The van der Waals surface area contributed by atoms with Crippen LogP contribution in [0.15, 0.2) is 53.7 Å². The number of thioether (sulfide) groups is 1. The first-order valence-corrected chi connectivity index (χ1v) is 10.2. The molecule has 0 radical (unpaired) electrons. The zero-order chi connectivity index (χ0) is 19.2. The first-order valence-electron chi connectivity index (χ1n) is 8.44. The summed E-state index contributed by atoms with van der Waals surface area (Å²) >= 11 is 13.2. The summed E-state index contributed by atoms with van der Waals surface area (Å²) in [5.41, 5.74) is 1.65. The third-order valence-electron chi connectivity index (χ3n) is 3.73. The van der Waals surface area contributed by atoms with Crippen molar-refractivity contribution in [3.8, 4) is 11.4 Å². The average Bonchev–Trinajstić information content (AvgIpc) is 3.06. The minimum Gasteiger partial charge on any atom is -0.325 e. The predicted molar refractivity (Wildman–Crippen MR) is 112 cm³/mol. The Kier molecular flexibility index (Phi) is 6.77. The Morgan fingerprint density at radius 1 is 1.04 bits per heavy atom. The number of hydrogen-bond acceptors (Lipinski definition) is 4. The van der Waals surface area contributed by atoms with Crippen LogP contribution in [-0.4, -0.2) is 26.4 Å². The van der Waals surface area contributed by atoms with Gasteiger partial charge in [-0.05, 0) is 55.0 Å². The van der Waals surface area contributed by atoms with Gasteiger partial charge >= 0.3 is 0 Å². The third kappa shape index (κ3) is 5.25. The Labute approximate surface area is 172 Å². The SMILES string of the molecule is CCCn1c(SCC(=O)Nc2ccc(Cl)cc2)nnc1-c1ccc(Cl)cc1. The molecule has 0 spiro atoms. The van der Waals surface area contributed by atoms with Gasteiger partial charge < -0.3 is 9.88 Å². The molecule has 3 rings (SSSR count). The van der Waals surface area contributed by atoms with E-state index in [0.717, 1.165) is 24.4 Å².